The zero-order valence-corrected chi connectivity index (χ0v) is 20.3. The van der Waals surface area contributed by atoms with Crippen molar-refractivity contribution in [3.63, 3.8) is 0 Å². The van der Waals surface area contributed by atoms with Gasteiger partial charge in [0, 0.05) is 0 Å². The molecule has 0 aliphatic rings. The first-order chi connectivity index (χ1) is 13.8. The summed E-state index contributed by atoms with van der Waals surface area (Å²) >= 11 is 0. The molecule has 0 N–H and O–H groups in total. The molecular weight excluding hydrogens is 336 g/mol. The summed E-state index contributed by atoms with van der Waals surface area (Å²) in [4.78, 5) is 0. The van der Waals surface area contributed by atoms with E-state index < -0.39 is 0 Å². The van der Waals surface area contributed by atoms with Crippen molar-refractivity contribution in [2.24, 2.45) is 5.92 Å². The van der Waals surface area contributed by atoms with Gasteiger partial charge in [-0.3, -0.25) is 0 Å². The van der Waals surface area contributed by atoms with E-state index in [0.29, 0.717) is 5.92 Å². The van der Waals surface area contributed by atoms with Crippen LogP contribution in [-0.2, 0) is 0 Å². The fourth-order valence-corrected chi connectivity index (χ4v) is 4.25. The summed E-state index contributed by atoms with van der Waals surface area (Å²) < 4.78 is 0. The third kappa shape index (κ3) is 24.0. The lowest BCUT2D eigenvalue weighted by atomic mass is 9.99. The van der Waals surface area contributed by atoms with Gasteiger partial charge >= 0.3 is 0 Å². The lowest BCUT2D eigenvalue weighted by Crippen LogP contribution is -1.92. The molecule has 0 heterocycles. The van der Waals surface area contributed by atoms with Gasteiger partial charge in [0.25, 0.3) is 0 Å². The van der Waals surface area contributed by atoms with E-state index >= 15 is 0 Å². The third-order valence-electron chi connectivity index (χ3n) is 6.54. The van der Waals surface area contributed by atoms with Crippen molar-refractivity contribution in [1.82, 2.24) is 0 Å². The molecule has 0 fully saturated rings. The lowest BCUT2D eigenvalue weighted by Gasteiger charge is -2.07. The van der Waals surface area contributed by atoms with E-state index in [1.54, 1.807) is 0 Å². The van der Waals surface area contributed by atoms with Gasteiger partial charge in [0.05, 0.1) is 0 Å². The molecule has 28 heavy (non-hydrogen) atoms. The molecule has 0 saturated heterocycles. The van der Waals surface area contributed by atoms with Crippen molar-refractivity contribution < 1.29 is 0 Å². The fraction of sp³-hybridized carbons (Fsp3) is 0.964. The van der Waals surface area contributed by atoms with Crippen LogP contribution < -0.4 is 0 Å². The molecule has 0 spiro atoms. The molecule has 0 aliphatic carbocycles. The summed E-state index contributed by atoms with van der Waals surface area (Å²) in [7, 11) is 0. The zero-order valence-electron chi connectivity index (χ0n) is 20.3. The Balaban J connectivity index is 3.00. The molecule has 1 radical (unpaired) electrons. The lowest BCUT2D eigenvalue weighted by molar-refractivity contribution is 0.496. The summed E-state index contributed by atoms with van der Waals surface area (Å²) in [6, 6.07) is 0. The Labute approximate surface area is 181 Å². The third-order valence-corrected chi connectivity index (χ3v) is 6.54. The van der Waals surface area contributed by atoms with Crippen LogP contribution in [0.25, 0.3) is 0 Å². The first kappa shape index (κ1) is 28.0. The predicted molar refractivity (Wildman–Crippen MR) is 131 cm³/mol. The Kier molecular flexibility index (Phi) is 25.0. The van der Waals surface area contributed by atoms with Crippen molar-refractivity contribution in [3.05, 3.63) is 6.92 Å². The number of unbranched alkanes of at least 4 members (excludes halogenated alkanes) is 21. The van der Waals surface area contributed by atoms with Crippen molar-refractivity contribution in [2.45, 2.75) is 168 Å². The molecular formula is C28H57. The maximum atomic E-state index is 4.18. The standard InChI is InChI=1S/C28H57/c1-4-6-7-8-9-10-11-12-13-14-15-16-17-18-19-20-21-22-23-24-25-26-27-28(3)5-2/h28H,3-27H2,1-2H3. The molecule has 1 unspecified atom stereocenters. The topological polar surface area (TPSA) is 0 Å². The van der Waals surface area contributed by atoms with Gasteiger partial charge in [0.15, 0.2) is 0 Å². The highest BCUT2D eigenvalue weighted by atomic mass is 14.0. The van der Waals surface area contributed by atoms with Gasteiger partial charge in [-0.15, -0.1) is 0 Å². The van der Waals surface area contributed by atoms with Gasteiger partial charge in [0.2, 0.25) is 0 Å². The average molecular weight is 394 g/mol. The van der Waals surface area contributed by atoms with Crippen LogP contribution in [-0.4, -0.2) is 0 Å². The Hall–Kier alpha value is 0. The normalized spacial score (nSPS) is 12.5. The Morgan fingerprint density at radius 2 is 0.643 bits per heavy atom. The Morgan fingerprint density at radius 3 is 0.893 bits per heavy atom. The van der Waals surface area contributed by atoms with Gasteiger partial charge in [0.1, 0.15) is 0 Å². The van der Waals surface area contributed by atoms with Gasteiger partial charge in [-0.25, -0.2) is 0 Å². The van der Waals surface area contributed by atoms with Crippen LogP contribution >= 0.6 is 0 Å². The second-order valence-corrected chi connectivity index (χ2v) is 9.49. The fourth-order valence-electron chi connectivity index (χ4n) is 4.25. The van der Waals surface area contributed by atoms with E-state index in [-0.39, 0.29) is 0 Å². The van der Waals surface area contributed by atoms with E-state index in [1.165, 1.54) is 154 Å². The van der Waals surface area contributed by atoms with Crippen LogP contribution in [0, 0.1) is 12.8 Å². The van der Waals surface area contributed by atoms with Crippen LogP contribution in [0.1, 0.15) is 168 Å². The summed E-state index contributed by atoms with van der Waals surface area (Å²) in [6.07, 6.45) is 34.9. The SMILES string of the molecule is [CH2]C(CC)CCCCCCCCCCCCCCCCCCCCCCCC. The largest absolute Gasteiger partial charge is 0.0654 e. The summed E-state index contributed by atoms with van der Waals surface area (Å²) in [5.74, 6) is 0.699. The van der Waals surface area contributed by atoms with Crippen LogP contribution in [0.15, 0.2) is 0 Å². The van der Waals surface area contributed by atoms with Gasteiger partial charge in [-0.2, -0.15) is 0 Å². The molecule has 169 valence electrons. The van der Waals surface area contributed by atoms with Crippen molar-refractivity contribution in [3.8, 4) is 0 Å². The first-order valence-electron chi connectivity index (χ1n) is 13.6. The van der Waals surface area contributed by atoms with Crippen LogP contribution in [0.4, 0.5) is 0 Å². The number of rotatable bonds is 24. The minimum Gasteiger partial charge on any atom is -0.0654 e. The summed E-state index contributed by atoms with van der Waals surface area (Å²) in [5, 5.41) is 0. The minimum absolute atomic E-state index is 0.699. The molecule has 0 rings (SSSR count). The molecule has 0 aromatic rings. The second kappa shape index (κ2) is 25.0. The molecule has 0 bridgehead atoms. The smallest absolute Gasteiger partial charge is 0.0417 e. The number of hydrogen-bond acceptors (Lipinski definition) is 0. The predicted octanol–water partition coefficient (Wildman–Crippen LogP) is 10.8. The van der Waals surface area contributed by atoms with Crippen molar-refractivity contribution >= 4 is 0 Å². The summed E-state index contributed by atoms with van der Waals surface area (Å²) in [6.45, 7) is 8.74. The second-order valence-electron chi connectivity index (χ2n) is 9.49. The van der Waals surface area contributed by atoms with Gasteiger partial charge < -0.3 is 0 Å². The first-order valence-corrected chi connectivity index (χ1v) is 13.6. The van der Waals surface area contributed by atoms with E-state index in [9.17, 15) is 0 Å². The van der Waals surface area contributed by atoms with E-state index in [1.807, 2.05) is 0 Å². The summed E-state index contributed by atoms with van der Waals surface area (Å²) in [5.41, 5.74) is 0. The molecule has 0 amide bonds. The van der Waals surface area contributed by atoms with Crippen molar-refractivity contribution in [2.75, 3.05) is 0 Å². The van der Waals surface area contributed by atoms with Crippen LogP contribution in [0.5, 0.6) is 0 Å². The molecule has 0 aromatic heterocycles. The molecule has 0 aromatic carbocycles. The van der Waals surface area contributed by atoms with Gasteiger partial charge in [-0.1, -0.05) is 175 Å². The maximum Gasteiger partial charge on any atom is -0.0417 e. The quantitative estimate of drug-likeness (QED) is 0.143. The molecule has 0 heteroatoms. The highest BCUT2D eigenvalue weighted by Gasteiger charge is 1.98. The minimum atomic E-state index is 0.699. The average Bonchev–Trinajstić information content (AvgIpc) is 2.71. The van der Waals surface area contributed by atoms with Crippen LogP contribution in [0.3, 0.4) is 0 Å². The van der Waals surface area contributed by atoms with E-state index in [0.717, 1.165) is 0 Å². The highest BCUT2D eigenvalue weighted by molar-refractivity contribution is 4.58. The maximum absolute atomic E-state index is 4.18. The zero-order chi connectivity index (χ0) is 20.5. The molecule has 1 atom stereocenters. The molecule has 0 nitrogen and oxygen atoms in total. The molecule has 0 saturated carbocycles. The van der Waals surface area contributed by atoms with E-state index in [4.69, 9.17) is 0 Å². The Morgan fingerprint density at radius 1 is 0.393 bits per heavy atom. The van der Waals surface area contributed by atoms with Gasteiger partial charge in [-0.05, 0) is 5.92 Å². The highest BCUT2D eigenvalue weighted by Crippen LogP contribution is 2.16. The molecule has 0 aliphatic heterocycles. The van der Waals surface area contributed by atoms with Crippen molar-refractivity contribution in [1.29, 1.82) is 0 Å². The Bertz CT molecular complexity index is 257. The van der Waals surface area contributed by atoms with Crippen LogP contribution in [0.2, 0.25) is 0 Å². The number of hydrogen-bond donors (Lipinski definition) is 0. The monoisotopic (exact) mass is 393 g/mol. The van der Waals surface area contributed by atoms with E-state index in [2.05, 4.69) is 20.8 Å².